The fourth-order valence-corrected chi connectivity index (χ4v) is 1.13. The van der Waals surface area contributed by atoms with E-state index in [2.05, 4.69) is 15.3 Å². The van der Waals surface area contributed by atoms with Crippen LogP contribution in [-0.2, 0) is 4.79 Å². The molecule has 0 amide bonds. The van der Waals surface area contributed by atoms with E-state index < -0.39 is 0 Å². The molecule has 82 valence electrons. The zero-order chi connectivity index (χ0) is 11.3. The molecule has 0 aromatic carbocycles. The molecular formula is C10H16N4O. The van der Waals surface area contributed by atoms with E-state index in [1.54, 1.807) is 6.92 Å². The lowest BCUT2D eigenvalue weighted by Crippen LogP contribution is -2.21. The molecule has 0 atom stereocenters. The van der Waals surface area contributed by atoms with E-state index in [-0.39, 0.29) is 5.78 Å². The SMILES string of the molecule is CNc1cc(N(C)CCC(C)=O)ncn1. The molecule has 0 radical (unpaired) electrons. The van der Waals surface area contributed by atoms with Gasteiger partial charge in [-0.05, 0) is 6.92 Å². The molecule has 0 aliphatic rings. The molecule has 0 unspecified atom stereocenters. The summed E-state index contributed by atoms with van der Waals surface area (Å²) in [4.78, 5) is 20.9. The maximum absolute atomic E-state index is 10.8. The normalized spacial score (nSPS) is 9.80. The fraction of sp³-hybridized carbons (Fsp3) is 0.500. The van der Waals surface area contributed by atoms with Crippen molar-refractivity contribution in [2.75, 3.05) is 30.9 Å². The highest BCUT2D eigenvalue weighted by atomic mass is 16.1. The van der Waals surface area contributed by atoms with E-state index >= 15 is 0 Å². The summed E-state index contributed by atoms with van der Waals surface area (Å²) in [6, 6.07) is 1.85. The summed E-state index contributed by atoms with van der Waals surface area (Å²) >= 11 is 0. The van der Waals surface area contributed by atoms with E-state index in [9.17, 15) is 4.79 Å². The predicted molar refractivity (Wildman–Crippen MR) is 60.1 cm³/mol. The standard InChI is InChI=1S/C10H16N4O/c1-8(15)4-5-14(3)10-6-9(11-2)12-7-13-10/h6-7H,4-5H2,1-3H3,(H,11,12,13). The lowest BCUT2D eigenvalue weighted by molar-refractivity contribution is -0.116. The Morgan fingerprint density at radius 3 is 2.87 bits per heavy atom. The van der Waals surface area contributed by atoms with Crippen molar-refractivity contribution < 1.29 is 4.79 Å². The zero-order valence-electron chi connectivity index (χ0n) is 9.32. The second-order valence-corrected chi connectivity index (χ2v) is 3.39. The quantitative estimate of drug-likeness (QED) is 0.780. The number of carbonyl (C=O) groups is 1. The molecule has 0 spiro atoms. The summed E-state index contributed by atoms with van der Waals surface area (Å²) in [5, 5.41) is 2.94. The Labute approximate surface area is 89.5 Å². The maximum Gasteiger partial charge on any atom is 0.133 e. The lowest BCUT2D eigenvalue weighted by Gasteiger charge is -2.17. The average molecular weight is 208 g/mol. The van der Waals surface area contributed by atoms with Gasteiger partial charge < -0.3 is 10.2 Å². The van der Waals surface area contributed by atoms with Crippen molar-refractivity contribution in [2.24, 2.45) is 0 Å². The molecule has 0 aliphatic heterocycles. The molecule has 0 bridgehead atoms. The van der Waals surface area contributed by atoms with Gasteiger partial charge in [0.05, 0.1) is 0 Å². The molecule has 1 N–H and O–H groups in total. The Morgan fingerprint density at radius 1 is 1.53 bits per heavy atom. The topological polar surface area (TPSA) is 58.1 Å². The van der Waals surface area contributed by atoms with Gasteiger partial charge in [0.15, 0.2) is 0 Å². The molecule has 0 fully saturated rings. The van der Waals surface area contributed by atoms with Gasteiger partial charge in [0, 0.05) is 33.1 Å². The minimum absolute atomic E-state index is 0.185. The Hall–Kier alpha value is -1.65. The first-order chi connectivity index (χ1) is 7.13. The Morgan fingerprint density at radius 2 is 2.27 bits per heavy atom. The number of hydrogen-bond acceptors (Lipinski definition) is 5. The molecule has 5 heteroatoms. The number of nitrogens with one attached hydrogen (secondary N) is 1. The summed E-state index contributed by atoms with van der Waals surface area (Å²) in [5.74, 6) is 1.77. The van der Waals surface area contributed by atoms with Crippen molar-refractivity contribution in [3.05, 3.63) is 12.4 Å². The van der Waals surface area contributed by atoms with Crippen molar-refractivity contribution in [3.63, 3.8) is 0 Å². The summed E-state index contributed by atoms with van der Waals surface area (Å²) in [6.45, 7) is 2.27. The van der Waals surface area contributed by atoms with Crippen LogP contribution in [0.15, 0.2) is 12.4 Å². The molecule has 0 saturated heterocycles. The molecule has 0 saturated carbocycles. The monoisotopic (exact) mass is 208 g/mol. The first-order valence-corrected chi connectivity index (χ1v) is 4.84. The third kappa shape index (κ3) is 3.53. The Kier molecular flexibility index (Phi) is 4.03. The van der Waals surface area contributed by atoms with Gasteiger partial charge in [-0.3, -0.25) is 4.79 Å². The van der Waals surface area contributed by atoms with Gasteiger partial charge in [0.2, 0.25) is 0 Å². The van der Waals surface area contributed by atoms with Crippen LogP contribution in [0.4, 0.5) is 11.6 Å². The third-order valence-electron chi connectivity index (χ3n) is 2.10. The number of Topliss-reactive ketones (excluding diaryl/α,β-unsaturated/α-hetero) is 1. The van der Waals surface area contributed by atoms with Gasteiger partial charge in [0.25, 0.3) is 0 Å². The summed E-state index contributed by atoms with van der Waals surface area (Å²) in [6.07, 6.45) is 2.04. The van der Waals surface area contributed by atoms with Gasteiger partial charge >= 0.3 is 0 Å². The second-order valence-electron chi connectivity index (χ2n) is 3.39. The van der Waals surface area contributed by atoms with E-state index in [1.807, 2.05) is 25.1 Å². The van der Waals surface area contributed by atoms with Crippen LogP contribution >= 0.6 is 0 Å². The molecule has 1 aromatic heterocycles. The van der Waals surface area contributed by atoms with Crippen LogP contribution < -0.4 is 10.2 Å². The molecule has 1 aromatic rings. The van der Waals surface area contributed by atoms with Gasteiger partial charge in [0.1, 0.15) is 23.7 Å². The van der Waals surface area contributed by atoms with E-state index in [0.29, 0.717) is 13.0 Å². The first-order valence-electron chi connectivity index (χ1n) is 4.84. The average Bonchev–Trinajstić information content (AvgIpc) is 2.26. The molecule has 0 aliphatic carbocycles. The molecular weight excluding hydrogens is 192 g/mol. The molecule has 1 rings (SSSR count). The number of aromatic nitrogens is 2. The van der Waals surface area contributed by atoms with Crippen molar-refractivity contribution in [1.29, 1.82) is 0 Å². The highest BCUT2D eigenvalue weighted by Gasteiger charge is 2.04. The van der Waals surface area contributed by atoms with Crippen molar-refractivity contribution >= 4 is 17.4 Å². The van der Waals surface area contributed by atoms with Crippen LogP contribution in [0.5, 0.6) is 0 Å². The first kappa shape index (κ1) is 11.4. The number of hydrogen-bond donors (Lipinski definition) is 1. The number of anilines is 2. The minimum atomic E-state index is 0.185. The van der Waals surface area contributed by atoms with Crippen molar-refractivity contribution in [2.45, 2.75) is 13.3 Å². The molecule has 1 heterocycles. The van der Waals surface area contributed by atoms with Crippen molar-refractivity contribution in [1.82, 2.24) is 9.97 Å². The minimum Gasteiger partial charge on any atom is -0.373 e. The summed E-state index contributed by atoms with van der Waals surface area (Å²) in [7, 11) is 3.71. The fourth-order valence-electron chi connectivity index (χ4n) is 1.13. The van der Waals surface area contributed by atoms with E-state index in [0.717, 1.165) is 11.6 Å². The number of nitrogens with zero attached hydrogens (tertiary/aromatic N) is 3. The van der Waals surface area contributed by atoms with Crippen LogP contribution in [0.3, 0.4) is 0 Å². The molecule has 5 nitrogen and oxygen atoms in total. The van der Waals surface area contributed by atoms with Crippen LogP contribution in [0, 0.1) is 0 Å². The third-order valence-corrected chi connectivity index (χ3v) is 2.10. The van der Waals surface area contributed by atoms with Crippen LogP contribution in [-0.4, -0.2) is 36.4 Å². The summed E-state index contributed by atoms with van der Waals surface area (Å²) < 4.78 is 0. The van der Waals surface area contributed by atoms with Crippen LogP contribution in [0.25, 0.3) is 0 Å². The number of carbonyl (C=O) groups excluding carboxylic acids is 1. The predicted octanol–water partition coefficient (Wildman–Crippen LogP) is 0.934. The number of ketones is 1. The van der Waals surface area contributed by atoms with Crippen LogP contribution in [0.1, 0.15) is 13.3 Å². The smallest absolute Gasteiger partial charge is 0.133 e. The van der Waals surface area contributed by atoms with Gasteiger partial charge in [-0.25, -0.2) is 9.97 Å². The Balaban J connectivity index is 2.64. The highest BCUT2D eigenvalue weighted by molar-refractivity contribution is 5.76. The van der Waals surface area contributed by atoms with Gasteiger partial charge in [-0.1, -0.05) is 0 Å². The Bertz CT molecular complexity index is 340. The highest BCUT2D eigenvalue weighted by Crippen LogP contribution is 2.11. The largest absolute Gasteiger partial charge is 0.373 e. The lowest BCUT2D eigenvalue weighted by atomic mass is 10.3. The van der Waals surface area contributed by atoms with Gasteiger partial charge in [-0.15, -0.1) is 0 Å². The molecule has 15 heavy (non-hydrogen) atoms. The van der Waals surface area contributed by atoms with Crippen LogP contribution in [0.2, 0.25) is 0 Å². The number of rotatable bonds is 5. The van der Waals surface area contributed by atoms with Crippen molar-refractivity contribution in [3.8, 4) is 0 Å². The van der Waals surface area contributed by atoms with E-state index in [1.165, 1.54) is 6.33 Å². The van der Waals surface area contributed by atoms with Gasteiger partial charge in [-0.2, -0.15) is 0 Å². The maximum atomic E-state index is 10.8. The second kappa shape index (κ2) is 5.29. The zero-order valence-corrected chi connectivity index (χ0v) is 9.32. The van der Waals surface area contributed by atoms with E-state index in [4.69, 9.17) is 0 Å². The summed E-state index contributed by atoms with van der Waals surface area (Å²) in [5.41, 5.74) is 0.